The number of hydrogen-bond donors (Lipinski definition) is 4. The predicted octanol–water partition coefficient (Wildman–Crippen LogP) is 1.75. The summed E-state index contributed by atoms with van der Waals surface area (Å²) in [6.07, 6.45) is 0. The van der Waals surface area contributed by atoms with E-state index in [0.29, 0.717) is 57.1 Å². The highest BCUT2D eigenvalue weighted by Gasteiger charge is 2.24. The molecule has 2 aromatic rings. The Morgan fingerprint density at radius 3 is 1.84 bits per heavy atom. The summed E-state index contributed by atoms with van der Waals surface area (Å²) in [5, 5.41) is 17.3. The number of nitrogens with one attached hydrogen (secondary N) is 1. The van der Waals surface area contributed by atoms with Crippen molar-refractivity contribution in [2.24, 2.45) is 11.5 Å². The van der Waals surface area contributed by atoms with Gasteiger partial charge in [-0.3, -0.25) is 15.1 Å². The second-order valence-electron chi connectivity index (χ2n) is 9.70. The zero-order valence-corrected chi connectivity index (χ0v) is 21.5. The first-order chi connectivity index (χ1) is 18.1. The van der Waals surface area contributed by atoms with Crippen molar-refractivity contribution in [1.29, 1.82) is 5.41 Å². The van der Waals surface area contributed by atoms with E-state index in [9.17, 15) is 14.7 Å². The molecule has 0 saturated carbocycles. The van der Waals surface area contributed by atoms with Crippen molar-refractivity contribution in [3.05, 3.63) is 83.4 Å². The lowest BCUT2D eigenvalue weighted by molar-refractivity contribution is 0.0680. The minimum atomic E-state index is -0.984. The van der Waals surface area contributed by atoms with Crippen LogP contribution < -0.4 is 11.5 Å². The standard InChI is InChI=1S/C28H35N7O3/c1-19(29)22-3-5-23(6-4-22)26(36)34-13-11-33(12-14-34)20(2)24-15-21(16-25(17-24)27(37)38)18-32-7-9-35(10-8-32)28(30)31/h3-6,15-17H,1-2,7-14,18,29H2,(H3,30,31)(H,37,38). The summed E-state index contributed by atoms with van der Waals surface area (Å²) >= 11 is 0. The third-order valence-corrected chi connectivity index (χ3v) is 7.14. The molecule has 2 saturated heterocycles. The van der Waals surface area contributed by atoms with Crippen LogP contribution in [-0.2, 0) is 6.54 Å². The fourth-order valence-corrected chi connectivity index (χ4v) is 4.85. The van der Waals surface area contributed by atoms with E-state index in [0.717, 1.165) is 35.5 Å². The van der Waals surface area contributed by atoms with Crippen LogP contribution in [0, 0.1) is 5.41 Å². The topological polar surface area (TPSA) is 143 Å². The first-order valence-corrected chi connectivity index (χ1v) is 12.6. The zero-order chi connectivity index (χ0) is 27.4. The average Bonchev–Trinajstić information content (AvgIpc) is 2.92. The predicted molar refractivity (Wildman–Crippen MR) is 148 cm³/mol. The molecule has 2 aliphatic rings. The lowest BCUT2D eigenvalue weighted by Gasteiger charge is -2.37. The SMILES string of the molecule is C=C(N)c1ccc(C(=O)N2CCN(C(=C)c3cc(CN4CCN(C(=N)N)CC4)cc(C(=O)O)c3)CC2)cc1. The highest BCUT2D eigenvalue weighted by Crippen LogP contribution is 2.24. The van der Waals surface area contributed by atoms with Crippen LogP contribution >= 0.6 is 0 Å². The Labute approximate surface area is 222 Å². The van der Waals surface area contributed by atoms with Gasteiger partial charge >= 0.3 is 5.97 Å². The molecular weight excluding hydrogens is 482 g/mol. The van der Waals surface area contributed by atoms with Crippen LogP contribution in [0.2, 0.25) is 0 Å². The van der Waals surface area contributed by atoms with Crippen LogP contribution in [0.3, 0.4) is 0 Å². The van der Waals surface area contributed by atoms with E-state index in [2.05, 4.69) is 23.0 Å². The number of hydrogen-bond acceptors (Lipinski definition) is 6. The van der Waals surface area contributed by atoms with Gasteiger partial charge in [-0.25, -0.2) is 4.79 Å². The van der Waals surface area contributed by atoms with Gasteiger partial charge in [0.05, 0.1) is 5.56 Å². The molecule has 0 atom stereocenters. The number of nitrogens with zero attached hydrogens (tertiary/aromatic N) is 4. The third kappa shape index (κ3) is 6.15. The Bertz CT molecular complexity index is 1240. The quantitative estimate of drug-likeness (QED) is 0.321. The molecule has 2 aliphatic heterocycles. The fourth-order valence-electron chi connectivity index (χ4n) is 4.85. The second kappa shape index (κ2) is 11.4. The Hall–Kier alpha value is -4.31. The van der Waals surface area contributed by atoms with E-state index >= 15 is 0 Å². The van der Waals surface area contributed by atoms with Gasteiger partial charge in [-0.2, -0.15) is 0 Å². The number of carboxylic acids is 1. The minimum Gasteiger partial charge on any atom is -0.478 e. The average molecular weight is 518 g/mol. The molecular formula is C28H35N7O3. The monoisotopic (exact) mass is 517 g/mol. The largest absolute Gasteiger partial charge is 0.478 e. The smallest absolute Gasteiger partial charge is 0.335 e. The number of benzene rings is 2. The molecule has 38 heavy (non-hydrogen) atoms. The summed E-state index contributed by atoms with van der Waals surface area (Å²) in [6.45, 7) is 13.7. The molecule has 6 N–H and O–H groups in total. The Kier molecular flexibility index (Phi) is 8.02. The van der Waals surface area contributed by atoms with Crippen LogP contribution in [0.5, 0.6) is 0 Å². The van der Waals surface area contributed by atoms with Gasteiger partial charge in [0.25, 0.3) is 5.91 Å². The van der Waals surface area contributed by atoms with Crippen molar-refractivity contribution >= 4 is 29.2 Å². The van der Waals surface area contributed by atoms with Crippen LogP contribution in [0.4, 0.5) is 0 Å². The highest BCUT2D eigenvalue weighted by atomic mass is 16.4. The van der Waals surface area contributed by atoms with Crippen molar-refractivity contribution in [2.45, 2.75) is 6.54 Å². The van der Waals surface area contributed by atoms with E-state index in [1.54, 1.807) is 36.4 Å². The fraction of sp³-hybridized carbons (Fsp3) is 0.321. The Morgan fingerprint density at radius 2 is 1.29 bits per heavy atom. The summed E-state index contributed by atoms with van der Waals surface area (Å²) in [5.41, 5.74) is 15.8. The van der Waals surface area contributed by atoms with Crippen molar-refractivity contribution in [3.63, 3.8) is 0 Å². The molecule has 2 fully saturated rings. The number of piperazine rings is 2. The molecule has 0 spiro atoms. The maximum Gasteiger partial charge on any atom is 0.335 e. The van der Waals surface area contributed by atoms with Crippen molar-refractivity contribution in [3.8, 4) is 0 Å². The summed E-state index contributed by atoms with van der Waals surface area (Å²) in [4.78, 5) is 32.8. The summed E-state index contributed by atoms with van der Waals surface area (Å²) < 4.78 is 0. The van der Waals surface area contributed by atoms with E-state index < -0.39 is 5.97 Å². The first kappa shape index (κ1) is 26.7. The van der Waals surface area contributed by atoms with E-state index in [-0.39, 0.29) is 17.4 Å². The molecule has 0 unspecified atom stereocenters. The minimum absolute atomic E-state index is 0.0375. The van der Waals surface area contributed by atoms with Crippen LogP contribution in [0.1, 0.15) is 37.4 Å². The summed E-state index contributed by atoms with van der Waals surface area (Å²) in [6, 6.07) is 12.5. The van der Waals surface area contributed by atoms with Gasteiger partial charge in [0.2, 0.25) is 0 Å². The molecule has 0 radical (unpaired) electrons. The first-order valence-electron chi connectivity index (χ1n) is 12.6. The Morgan fingerprint density at radius 1 is 0.763 bits per heavy atom. The number of rotatable bonds is 7. The van der Waals surface area contributed by atoms with Gasteiger partial charge in [0, 0.05) is 75.9 Å². The Balaban J connectivity index is 1.40. The second-order valence-corrected chi connectivity index (χ2v) is 9.70. The molecule has 4 rings (SSSR count). The van der Waals surface area contributed by atoms with E-state index in [4.69, 9.17) is 16.9 Å². The molecule has 10 heteroatoms. The highest BCUT2D eigenvalue weighted by molar-refractivity contribution is 5.94. The van der Waals surface area contributed by atoms with E-state index in [1.807, 2.05) is 15.9 Å². The molecule has 2 aromatic carbocycles. The molecule has 2 heterocycles. The molecule has 1 amide bonds. The van der Waals surface area contributed by atoms with Crippen LogP contribution in [0.25, 0.3) is 11.4 Å². The van der Waals surface area contributed by atoms with Crippen molar-refractivity contribution in [1.82, 2.24) is 19.6 Å². The van der Waals surface area contributed by atoms with Gasteiger partial charge in [0.15, 0.2) is 5.96 Å². The number of guanidine groups is 1. The molecule has 10 nitrogen and oxygen atoms in total. The molecule has 200 valence electrons. The normalized spacial score (nSPS) is 16.3. The van der Waals surface area contributed by atoms with Gasteiger partial charge in [-0.05, 0) is 47.0 Å². The van der Waals surface area contributed by atoms with Gasteiger partial charge in [-0.15, -0.1) is 0 Å². The van der Waals surface area contributed by atoms with Gasteiger partial charge in [-0.1, -0.05) is 25.3 Å². The lowest BCUT2D eigenvalue weighted by atomic mass is 10.0. The van der Waals surface area contributed by atoms with Gasteiger partial charge in [0.1, 0.15) is 0 Å². The van der Waals surface area contributed by atoms with Crippen LogP contribution in [-0.4, -0.2) is 94.9 Å². The zero-order valence-electron chi connectivity index (χ0n) is 21.5. The number of amides is 1. The summed E-state index contributed by atoms with van der Waals surface area (Å²) in [7, 11) is 0. The van der Waals surface area contributed by atoms with Crippen molar-refractivity contribution < 1.29 is 14.7 Å². The maximum atomic E-state index is 13.0. The number of aromatic carboxylic acids is 1. The maximum absolute atomic E-state index is 13.0. The van der Waals surface area contributed by atoms with Crippen molar-refractivity contribution in [2.75, 3.05) is 52.4 Å². The number of carboxylic acid groups (broad SMARTS) is 1. The third-order valence-electron chi connectivity index (χ3n) is 7.14. The molecule has 0 bridgehead atoms. The molecule has 0 aliphatic carbocycles. The van der Waals surface area contributed by atoms with Crippen LogP contribution in [0.15, 0.2) is 55.6 Å². The number of carbonyl (C=O) groups is 2. The number of carbonyl (C=O) groups excluding carboxylic acids is 1. The van der Waals surface area contributed by atoms with E-state index in [1.165, 1.54) is 0 Å². The summed E-state index contributed by atoms with van der Waals surface area (Å²) in [5.74, 6) is -0.944. The number of nitrogens with two attached hydrogens (primary N) is 2. The lowest BCUT2D eigenvalue weighted by Crippen LogP contribution is -2.50. The van der Waals surface area contributed by atoms with Gasteiger partial charge < -0.3 is 31.3 Å². The molecule has 0 aromatic heterocycles.